The van der Waals surface area contributed by atoms with Crippen molar-refractivity contribution in [1.29, 1.82) is 0 Å². The molecule has 1 aliphatic rings. The molecule has 17 heavy (non-hydrogen) atoms. The smallest absolute Gasteiger partial charge is 0.274 e. The summed E-state index contributed by atoms with van der Waals surface area (Å²) in [7, 11) is 0. The minimum absolute atomic E-state index is 0.0903. The molecule has 0 aliphatic carbocycles. The molecule has 2 unspecified atom stereocenters. The molecule has 6 heteroatoms. The van der Waals surface area contributed by atoms with Gasteiger partial charge in [0.15, 0.2) is 0 Å². The van der Waals surface area contributed by atoms with E-state index in [4.69, 9.17) is 10.5 Å². The van der Waals surface area contributed by atoms with Crippen LogP contribution >= 0.6 is 0 Å². The molecule has 0 saturated carbocycles. The highest BCUT2D eigenvalue weighted by molar-refractivity contribution is 5.92. The van der Waals surface area contributed by atoms with Gasteiger partial charge in [-0.2, -0.15) is 0 Å². The predicted octanol–water partition coefficient (Wildman–Crippen LogP) is -0.335. The molecular weight excluding hydrogens is 220 g/mol. The lowest BCUT2D eigenvalue weighted by molar-refractivity contribution is -0.0301. The number of carbonyl (C=O) groups is 1. The van der Waals surface area contributed by atoms with Crippen LogP contribution in [0.25, 0.3) is 0 Å². The number of nitrogens with two attached hydrogens (primary N) is 1. The van der Waals surface area contributed by atoms with Crippen molar-refractivity contribution >= 4 is 5.91 Å². The minimum Gasteiger partial charge on any atom is -0.373 e. The Labute approximate surface area is 99.8 Å². The summed E-state index contributed by atoms with van der Waals surface area (Å²) < 4.78 is 5.50. The Hall–Kier alpha value is -1.53. The molecular formula is C11H16N4O2. The normalized spacial score (nSPS) is 22.2. The van der Waals surface area contributed by atoms with Gasteiger partial charge in [0.25, 0.3) is 5.91 Å². The summed E-state index contributed by atoms with van der Waals surface area (Å²) in [6.45, 7) is 3.46. The SMILES string of the molecule is CC(N)C1CN(C(=O)c2cnccn2)CCO1. The lowest BCUT2D eigenvalue weighted by atomic mass is 10.1. The highest BCUT2D eigenvalue weighted by Crippen LogP contribution is 2.10. The van der Waals surface area contributed by atoms with Gasteiger partial charge in [0.2, 0.25) is 0 Å². The fourth-order valence-corrected chi connectivity index (χ4v) is 1.75. The Morgan fingerprint density at radius 1 is 1.65 bits per heavy atom. The molecule has 2 N–H and O–H groups in total. The lowest BCUT2D eigenvalue weighted by Crippen LogP contribution is -2.51. The molecule has 6 nitrogen and oxygen atoms in total. The van der Waals surface area contributed by atoms with E-state index in [-0.39, 0.29) is 18.1 Å². The Balaban J connectivity index is 2.05. The summed E-state index contributed by atoms with van der Waals surface area (Å²) >= 11 is 0. The van der Waals surface area contributed by atoms with Crippen LogP contribution in [0, 0.1) is 0 Å². The van der Waals surface area contributed by atoms with Gasteiger partial charge in [-0.1, -0.05) is 0 Å². The van der Waals surface area contributed by atoms with Crippen molar-refractivity contribution in [2.45, 2.75) is 19.1 Å². The monoisotopic (exact) mass is 236 g/mol. The van der Waals surface area contributed by atoms with Crippen LogP contribution in [-0.4, -0.2) is 52.6 Å². The van der Waals surface area contributed by atoms with E-state index in [9.17, 15) is 4.79 Å². The van der Waals surface area contributed by atoms with Crippen LogP contribution in [-0.2, 0) is 4.74 Å². The molecule has 1 fully saturated rings. The fourth-order valence-electron chi connectivity index (χ4n) is 1.75. The van der Waals surface area contributed by atoms with Gasteiger partial charge in [-0.05, 0) is 6.92 Å². The molecule has 0 bridgehead atoms. The molecule has 1 saturated heterocycles. The van der Waals surface area contributed by atoms with E-state index in [0.717, 1.165) is 0 Å². The maximum Gasteiger partial charge on any atom is 0.274 e. The second kappa shape index (κ2) is 5.20. The number of rotatable bonds is 2. The van der Waals surface area contributed by atoms with E-state index >= 15 is 0 Å². The van der Waals surface area contributed by atoms with E-state index in [1.165, 1.54) is 12.4 Å². The zero-order chi connectivity index (χ0) is 12.3. The molecule has 1 amide bonds. The number of morpholine rings is 1. The van der Waals surface area contributed by atoms with E-state index in [2.05, 4.69) is 9.97 Å². The number of nitrogens with zero attached hydrogens (tertiary/aromatic N) is 3. The molecule has 2 heterocycles. The summed E-state index contributed by atoms with van der Waals surface area (Å²) in [5, 5.41) is 0. The van der Waals surface area contributed by atoms with Crippen LogP contribution in [0.2, 0.25) is 0 Å². The summed E-state index contributed by atoms with van der Waals surface area (Å²) in [6.07, 6.45) is 4.42. The van der Waals surface area contributed by atoms with Crippen molar-refractivity contribution in [3.8, 4) is 0 Å². The fraction of sp³-hybridized carbons (Fsp3) is 0.545. The van der Waals surface area contributed by atoms with Crippen molar-refractivity contribution in [2.75, 3.05) is 19.7 Å². The highest BCUT2D eigenvalue weighted by atomic mass is 16.5. The number of hydrogen-bond donors (Lipinski definition) is 1. The summed E-state index contributed by atoms with van der Waals surface area (Å²) in [5.74, 6) is -0.118. The van der Waals surface area contributed by atoms with E-state index in [1.54, 1.807) is 11.1 Å². The molecule has 0 radical (unpaired) electrons. The Bertz CT molecular complexity index is 382. The maximum absolute atomic E-state index is 12.1. The standard InChI is InChI=1S/C11H16N4O2/c1-8(12)10-7-15(4-5-17-10)11(16)9-6-13-2-3-14-9/h2-3,6,8,10H,4-5,7,12H2,1H3. The first-order valence-corrected chi connectivity index (χ1v) is 5.61. The Morgan fingerprint density at radius 3 is 3.12 bits per heavy atom. The van der Waals surface area contributed by atoms with Crippen LogP contribution in [0.1, 0.15) is 17.4 Å². The zero-order valence-electron chi connectivity index (χ0n) is 9.74. The summed E-state index contributed by atoms with van der Waals surface area (Å²) in [4.78, 5) is 21.7. The second-order valence-corrected chi connectivity index (χ2v) is 4.11. The number of hydrogen-bond acceptors (Lipinski definition) is 5. The molecule has 1 aromatic rings. The van der Waals surface area contributed by atoms with Gasteiger partial charge in [-0.15, -0.1) is 0 Å². The van der Waals surface area contributed by atoms with Crippen LogP contribution in [0.15, 0.2) is 18.6 Å². The predicted molar refractivity (Wildman–Crippen MR) is 61.3 cm³/mol. The zero-order valence-corrected chi connectivity index (χ0v) is 9.74. The maximum atomic E-state index is 12.1. The first-order valence-electron chi connectivity index (χ1n) is 5.61. The third-order valence-corrected chi connectivity index (χ3v) is 2.75. The van der Waals surface area contributed by atoms with Gasteiger partial charge >= 0.3 is 0 Å². The van der Waals surface area contributed by atoms with Crippen LogP contribution in [0.3, 0.4) is 0 Å². The summed E-state index contributed by atoms with van der Waals surface area (Å²) in [6, 6.07) is -0.0903. The molecule has 1 aliphatic heterocycles. The largest absolute Gasteiger partial charge is 0.373 e. The number of carbonyl (C=O) groups excluding carboxylic acids is 1. The van der Waals surface area contributed by atoms with Gasteiger partial charge in [0.1, 0.15) is 5.69 Å². The number of amides is 1. The van der Waals surface area contributed by atoms with E-state index < -0.39 is 0 Å². The van der Waals surface area contributed by atoms with Gasteiger partial charge < -0.3 is 15.4 Å². The molecule has 2 atom stereocenters. The average Bonchev–Trinajstić information content (AvgIpc) is 2.39. The van der Waals surface area contributed by atoms with Crippen LogP contribution in [0.4, 0.5) is 0 Å². The molecule has 0 spiro atoms. The lowest BCUT2D eigenvalue weighted by Gasteiger charge is -2.34. The Morgan fingerprint density at radius 2 is 2.47 bits per heavy atom. The van der Waals surface area contributed by atoms with Crippen molar-refractivity contribution in [2.24, 2.45) is 5.73 Å². The van der Waals surface area contributed by atoms with Gasteiger partial charge in [-0.25, -0.2) is 4.98 Å². The molecule has 0 aromatic carbocycles. The minimum atomic E-state index is -0.118. The van der Waals surface area contributed by atoms with Crippen LogP contribution < -0.4 is 5.73 Å². The van der Waals surface area contributed by atoms with Crippen molar-refractivity contribution in [3.63, 3.8) is 0 Å². The molecule has 92 valence electrons. The van der Waals surface area contributed by atoms with Crippen molar-refractivity contribution in [1.82, 2.24) is 14.9 Å². The molecule has 2 rings (SSSR count). The quantitative estimate of drug-likeness (QED) is 0.760. The van der Waals surface area contributed by atoms with E-state index in [0.29, 0.717) is 25.4 Å². The summed E-state index contributed by atoms with van der Waals surface area (Å²) in [5.41, 5.74) is 6.14. The van der Waals surface area contributed by atoms with E-state index in [1.807, 2.05) is 6.92 Å². The second-order valence-electron chi connectivity index (χ2n) is 4.11. The van der Waals surface area contributed by atoms with Crippen LogP contribution in [0.5, 0.6) is 0 Å². The third kappa shape index (κ3) is 2.78. The first-order chi connectivity index (χ1) is 8.18. The van der Waals surface area contributed by atoms with Gasteiger partial charge in [0, 0.05) is 31.5 Å². The van der Waals surface area contributed by atoms with Gasteiger partial charge in [-0.3, -0.25) is 9.78 Å². The highest BCUT2D eigenvalue weighted by Gasteiger charge is 2.27. The first kappa shape index (κ1) is 11.9. The topological polar surface area (TPSA) is 81.3 Å². The van der Waals surface area contributed by atoms with Crippen molar-refractivity contribution < 1.29 is 9.53 Å². The average molecular weight is 236 g/mol. The van der Waals surface area contributed by atoms with Crippen molar-refractivity contribution in [3.05, 3.63) is 24.3 Å². The number of ether oxygens (including phenoxy) is 1. The number of aromatic nitrogens is 2. The Kier molecular flexibility index (Phi) is 3.65. The molecule has 1 aromatic heterocycles. The van der Waals surface area contributed by atoms with Gasteiger partial charge in [0.05, 0.1) is 18.9 Å². The third-order valence-electron chi connectivity index (χ3n) is 2.75.